The number of anilines is 1. The molecule has 0 bridgehead atoms. The summed E-state index contributed by atoms with van der Waals surface area (Å²) >= 11 is 0. The number of guanidine groups is 1. The van der Waals surface area contributed by atoms with Crippen molar-refractivity contribution in [3.63, 3.8) is 0 Å². The molecule has 30 heavy (non-hydrogen) atoms. The lowest BCUT2D eigenvalue weighted by molar-refractivity contribution is 0.109. The number of rotatable bonds is 7. The molecule has 2 saturated heterocycles. The Hall–Kier alpha value is -1.99. The van der Waals surface area contributed by atoms with Gasteiger partial charge in [-0.2, -0.15) is 0 Å². The number of hydrogen-bond acceptors (Lipinski definition) is 5. The Morgan fingerprint density at radius 1 is 1.03 bits per heavy atom. The van der Waals surface area contributed by atoms with E-state index in [9.17, 15) is 0 Å². The molecule has 2 aliphatic rings. The standard InChI is InChI=1S/C23H40N6O/c1-5-24-23(25-19-20(3)27-13-11-26(6-2)12-14-27)29-17-15-28(16-18-29)21-9-7-8-10-22(21)30-4/h7-10,20H,5-6,11-19H2,1-4H3,(H,24,25). The van der Waals surface area contributed by atoms with Crippen LogP contribution in [0.3, 0.4) is 0 Å². The largest absolute Gasteiger partial charge is 0.495 e. The van der Waals surface area contributed by atoms with Crippen molar-refractivity contribution >= 4 is 11.6 Å². The van der Waals surface area contributed by atoms with Crippen molar-refractivity contribution in [2.75, 3.05) is 84.0 Å². The molecule has 2 heterocycles. The fourth-order valence-electron chi connectivity index (χ4n) is 4.33. The molecule has 1 unspecified atom stereocenters. The summed E-state index contributed by atoms with van der Waals surface area (Å²) in [6, 6.07) is 8.77. The Labute approximate surface area is 182 Å². The Morgan fingerprint density at radius 2 is 1.73 bits per heavy atom. The highest BCUT2D eigenvalue weighted by atomic mass is 16.5. The topological polar surface area (TPSA) is 46.6 Å². The van der Waals surface area contributed by atoms with Gasteiger partial charge in [0, 0.05) is 64.9 Å². The van der Waals surface area contributed by atoms with Crippen molar-refractivity contribution in [2.24, 2.45) is 4.99 Å². The van der Waals surface area contributed by atoms with Crippen LogP contribution in [0.25, 0.3) is 0 Å². The van der Waals surface area contributed by atoms with Gasteiger partial charge in [-0.15, -0.1) is 0 Å². The third kappa shape index (κ3) is 5.79. The Kier molecular flexibility index (Phi) is 8.63. The quantitative estimate of drug-likeness (QED) is 0.540. The van der Waals surface area contributed by atoms with Crippen molar-refractivity contribution < 1.29 is 4.74 Å². The maximum atomic E-state index is 5.55. The minimum atomic E-state index is 0.479. The smallest absolute Gasteiger partial charge is 0.194 e. The van der Waals surface area contributed by atoms with E-state index in [0.717, 1.165) is 70.6 Å². The summed E-state index contributed by atoms with van der Waals surface area (Å²) < 4.78 is 5.55. The number of likely N-dealkylation sites (N-methyl/N-ethyl adjacent to an activating group) is 1. The first-order valence-electron chi connectivity index (χ1n) is 11.5. The van der Waals surface area contributed by atoms with Gasteiger partial charge in [0.25, 0.3) is 0 Å². The number of methoxy groups -OCH3 is 1. The number of ether oxygens (including phenoxy) is 1. The van der Waals surface area contributed by atoms with E-state index in [-0.39, 0.29) is 0 Å². The van der Waals surface area contributed by atoms with Crippen LogP contribution in [0.1, 0.15) is 20.8 Å². The van der Waals surface area contributed by atoms with Crippen molar-refractivity contribution in [2.45, 2.75) is 26.8 Å². The second kappa shape index (κ2) is 11.4. The lowest BCUT2D eigenvalue weighted by Crippen LogP contribution is -2.53. The van der Waals surface area contributed by atoms with Crippen molar-refractivity contribution in [1.82, 2.24) is 20.0 Å². The fraction of sp³-hybridized carbons (Fsp3) is 0.696. The molecule has 1 N–H and O–H groups in total. The monoisotopic (exact) mass is 416 g/mol. The molecule has 7 nitrogen and oxygen atoms in total. The van der Waals surface area contributed by atoms with E-state index in [1.54, 1.807) is 7.11 Å². The van der Waals surface area contributed by atoms with Gasteiger partial charge in [-0.25, -0.2) is 0 Å². The van der Waals surface area contributed by atoms with Gasteiger partial charge in [0.1, 0.15) is 5.75 Å². The number of hydrogen-bond donors (Lipinski definition) is 1. The van der Waals surface area contributed by atoms with Crippen LogP contribution >= 0.6 is 0 Å². The second-order valence-electron chi connectivity index (χ2n) is 8.16. The highest BCUT2D eigenvalue weighted by Crippen LogP contribution is 2.28. The molecule has 7 heteroatoms. The highest BCUT2D eigenvalue weighted by Gasteiger charge is 2.23. The van der Waals surface area contributed by atoms with Crippen LogP contribution < -0.4 is 15.0 Å². The van der Waals surface area contributed by atoms with Crippen LogP contribution in [0.5, 0.6) is 5.75 Å². The summed E-state index contributed by atoms with van der Waals surface area (Å²) in [6.07, 6.45) is 0. The lowest BCUT2D eigenvalue weighted by Gasteiger charge is -2.39. The van der Waals surface area contributed by atoms with Gasteiger partial charge in [0.05, 0.1) is 19.3 Å². The van der Waals surface area contributed by atoms with Crippen molar-refractivity contribution in [3.05, 3.63) is 24.3 Å². The van der Waals surface area contributed by atoms with E-state index < -0.39 is 0 Å². The number of nitrogens with zero attached hydrogens (tertiary/aromatic N) is 5. The predicted molar refractivity (Wildman–Crippen MR) is 126 cm³/mol. The molecule has 0 saturated carbocycles. The molecule has 1 aromatic rings. The van der Waals surface area contributed by atoms with Gasteiger partial charge in [-0.05, 0) is 32.5 Å². The van der Waals surface area contributed by atoms with E-state index in [4.69, 9.17) is 9.73 Å². The first-order valence-corrected chi connectivity index (χ1v) is 11.5. The Balaban J connectivity index is 1.55. The lowest BCUT2D eigenvalue weighted by atomic mass is 10.2. The van der Waals surface area contributed by atoms with Gasteiger partial charge in [0.15, 0.2) is 5.96 Å². The summed E-state index contributed by atoms with van der Waals surface area (Å²) in [5, 5.41) is 3.51. The average molecular weight is 417 g/mol. The number of nitrogens with one attached hydrogen (secondary N) is 1. The van der Waals surface area contributed by atoms with Gasteiger partial charge >= 0.3 is 0 Å². The summed E-state index contributed by atoms with van der Waals surface area (Å²) in [4.78, 5) is 14.9. The molecule has 0 radical (unpaired) electrons. The van der Waals surface area contributed by atoms with Crippen molar-refractivity contribution in [1.29, 1.82) is 0 Å². The number of aliphatic imine (C=N–C) groups is 1. The molecule has 2 aliphatic heterocycles. The van der Waals surface area contributed by atoms with E-state index in [2.05, 4.69) is 57.8 Å². The number of piperazine rings is 2. The predicted octanol–water partition coefficient (Wildman–Crippen LogP) is 1.81. The molecule has 1 aromatic carbocycles. The van der Waals surface area contributed by atoms with E-state index in [0.29, 0.717) is 6.04 Å². The SMILES string of the molecule is CCNC(=NCC(C)N1CCN(CC)CC1)N1CCN(c2ccccc2OC)CC1. The fourth-order valence-corrected chi connectivity index (χ4v) is 4.33. The zero-order valence-corrected chi connectivity index (χ0v) is 19.3. The number of para-hydroxylation sites is 2. The van der Waals surface area contributed by atoms with E-state index in [1.807, 2.05) is 12.1 Å². The molecule has 168 valence electrons. The van der Waals surface area contributed by atoms with Crippen LogP contribution in [0.2, 0.25) is 0 Å². The van der Waals surface area contributed by atoms with Crippen LogP contribution in [-0.2, 0) is 0 Å². The van der Waals surface area contributed by atoms with Gasteiger partial charge in [-0.3, -0.25) is 9.89 Å². The molecular weight excluding hydrogens is 376 g/mol. The first kappa shape index (κ1) is 22.7. The third-order valence-corrected chi connectivity index (χ3v) is 6.32. The summed E-state index contributed by atoms with van der Waals surface area (Å²) in [6.45, 7) is 18.1. The molecule has 0 amide bonds. The van der Waals surface area contributed by atoms with Gasteiger partial charge < -0.3 is 24.8 Å². The van der Waals surface area contributed by atoms with Crippen LogP contribution in [0.15, 0.2) is 29.3 Å². The second-order valence-corrected chi connectivity index (χ2v) is 8.16. The molecule has 0 aliphatic carbocycles. The molecular formula is C23H40N6O. The normalized spacial score (nSPS) is 20.3. The van der Waals surface area contributed by atoms with Gasteiger partial charge in [-0.1, -0.05) is 19.1 Å². The van der Waals surface area contributed by atoms with Crippen LogP contribution in [0, 0.1) is 0 Å². The molecule has 3 rings (SSSR count). The Morgan fingerprint density at radius 3 is 2.37 bits per heavy atom. The van der Waals surface area contributed by atoms with Crippen LogP contribution in [-0.4, -0.2) is 106 Å². The van der Waals surface area contributed by atoms with E-state index >= 15 is 0 Å². The summed E-state index contributed by atoms with van der Waals surface area (Å²) in [5.74, 6) is 2.00. The summed E-state index contributed by atoms with van der Waals surface area (Å²) in [7, 11) is 1.74. The van der Waals surface area contributed by atoms with Gasteiger partial charge in [0.2, 0.25) is 0 Å². The minimum Gasteiger partial charge on any atom is -0.495 e. The molecule has 2 fully saturated rings. The first-order chi connectivity index (χ1) is 14.7. The molecule has 0 aromatic heterocycles. The zero-order valence-electron chi connectivity index (χ0n) is 19.3. The van der Waals surface area contributed by atoms with Crippen molar-refractivity contribution in [3.8, 4) is 5.75 Å². The molecule has 1 atom stereocenters. The van der Waals surface area contributed by atoms with Crippen LogP contribution in [0.4, 0.5) is 5.69 Å². The minimum absolute atomic E-state index is 0.479. The number of benzene rings is 1. The third-order valence-electron chi connectivity index (χ3n) is 6.32. The zero-order chi connectivity index (χ0) is 21.3. The summed E-state index contributed by atoms with van der Waals surface area (Å²) in [5.41, 5.74) is 1.18. The van der Waals surface area contributed by atoms with E-state index in [1.165, 1.54) is 18.8 Å². The molecule has 0 spiro atoms. The average Bonchev–Trinajstić information content (AvgIpc) is 2.81. The maximum absolute atomic E-state index is 5.55. The highest BCUT2D eigenvalue weighted by molar-refractivity contribution is 5.80. The maximum Gasteiger partial charge on any atom is 0.194 e. The Bertz CT molecular complexity index is 665.